The Kier molecular flexibility index (Phi) is 4.59. The number of carbonyl (C=O) groups is 1. The predicted molar refractivity (Wildman–Crippen MR) is 87.0 cm³/mol. The number of carbonyl (C=O) groups excluding carboxylic acids is 1. The molecule has 0 fully saturated rings. The number of pyridine rings is 1. The number of fused-ring (bicyclic) bond motifs is 1. The van der Waals surface area contributed by atoms with E-state index in [4.69, 9.17) is 11.6 Å². The Morgan fingerprint density at radius 1 is 1.43 bits per heavy atom. The van der Waals surface area contributed by atoms with Gasteiger partial charge < -0.3 is 10.6 Å². The van der Waals surface area contributed by atoms with Crippen LogP contribution in [0.3, 0.4) is 0 Å². The number of hydrogen-bond acceptors (Lipinski definition) is 3. The maximum atomic E-state index is 13.4. The Morgan fingerprint density at radius 2 is 2.26 bits per heavy atom. The third-order valence-electron chi connectivity index (χ3n) is 4.02. The number of aryl methyl sites for hydroxylation is 1. The zero-order chi connectivity index (χ0) is 16.4. The summed E-state index contributed by atoms with van der Waals surface area (Å²) in [6.45, 7) is 4.01. The summed E-state index contributed by atoms with van der Waals surface area (Å²) in [5, 5.41) is 6.35. The van der Waals surface area contributed by atoms with Crippen LogP contribution in [0.15, 0.2) is 24.4 Å². The van der Waals surface area contributed by atoms with E-state index in [1.54, 1.807) is 0 Å². The molecule has 1 aliphatic heterocycles. The standard InChI is InChI=1S/C17H17ClFN3O/c1-10-16(15-2-3-20-7-12(15)8-21-10)9-22-17(23)11-4-13(18)6-14(19)5-11/h4-6,8,20H,2-3,7,9H2,1H3,(H,22,23). The molecule has 0 spiro atoms. The van der Waals surface area contributed by atoms with E-state index in [0.29, 0.717) is 6.54 Å². The minimum atomic E-state index is -0.524. The van der Waals surface area contributed by atoms with Crippen molar-refractivity contribution < 1.29 is 9.18 Å². The van der Waals surface area contributed by atoms with Gasteiger partial charge in [0.05, 0.1) is 0 Å². The van der Waals surface area contributed by atoms with Crippen LogP contribution in [0.1, 0.15) is 32.7 Å². The largest absolute Gasteiger partial charge is 0.348 e. The zero-order valence-electron chi connectivity index (χ0n) is 12.7. The van der Waals surface area contributed by atoms with Crippen LogP contribution < -0.4 is 10.6 Å². The number of amides is 1. The predicted octanol–water partition coefficient (Wildman–Crippen LogP) is 2.76. The highest BCUT2D eigenvalue weighted by molar-refractivity contribution is 6.31. The van der Waals surface area contributed by atoms with Gasteiger partial charge in [0, 0.05) is 35.6 Å². The summed E-state index contributed by atoms with van der Waals surface area (Å²) in [6, 6.07) is 3.80. The van der Waals surface area contributed by atoms with E-state index >= 15 is 0 Å². The van der Waals surface area contributed by atoms with Crippen molar-refractivity contribution in [3.63, 3.8) is 0 Å². The molecular weight excluding hydrogens is 317 g/mol. The van der Waals surface area contributed by atoms with Gasteiger partial charge in [0.15, 0.2) is 0 Å². The summed E-state index contributed by atoms with van der Waals surface area (Å²) in [4.78, 5) is 16.6. The average molecular weight is 334 g/mol. The van der Waals surface area contributed by atoms with Crippen LogP contribution in [0.5, 0.6) is 0 Å². The lowest BCUT2D eigenvalue weighted by Gasteiger charge is -2.21. The second kappa shape index (κ2) is 6.64. The number of halogens is 2. The van der Waals surface area contributed by atoms with Crippen molar-refractivity contribution >= 4 is 17.5 Å². The monoisotopic (exact) mass is 333 g/mol. The second-order valence-corrected chi connectivity index (χ2v) is 6.03. The number of nitrogens with one attached hydrogen (secondary N) is 2. The fraction of sp³-hybridized carbons (Fsp3) is 0.294. The van der Waals surface area contributed by atoms with Gasteiger partial charge in [0.1, 0.15) is 5.82 Å². The minimum absolute atomic E-state index is 0.205. The summed E-state index contributed by atoms with van der Waals surface area (Å²) in [7, 11) is 0. The molecule has 0 atom stereocenters. The maximum absolute atomic E-state index is 13.4. The molecule has 120 valence electrons. The first-order valence-electron chi connectivity index (χ1n) is 7.46. The molecule has 2 N–H and O–H groups in total. The van der Waals surface area contributed by atoms with E-state index in [-0.39, 0.29) is 16.5 Å². The fourth-order valence-corrected chi connectivity index (χ4v) is 3.06. The quantitative estimate of drug-likeness (QED) is 0.908. The summed E-state index contributed by atoms with van der Waals surface area (Å²) >= 11 is 5.79. The van der Waals surface area contributed by atoms with E-state index in [1.165, 1.54) is 29.3 Å². The lowest BCUT2D eigenvalue weighted by Crippen LogP contribution is -2.28. The van der Waals surface area contributed by atoms with E-state index in [2.05, 4.69) is 15.6 Å². The van der Waals surface area contributed by atoms with Gasteiger partial charge in [-0.1, -0.05) is 11.6 Å². The van der Waals surface area contributed by atoms with Crippen LogP contribution in [0, 0.1) is 12.7 Å². The maximum Gasteiger partial charge on any atom is 0.251 e. The first-order valence-corrected chi connectivity index (χ1v) is 7.83. The highest BCUT2D eigenvalue weighted by Gasteiger charge is 2.17. The third-order valence-corrected chi connectivity index (χ3v) is 4.24. The molecule has 0 aliphatic carbocycles. The van der Waals surface area contributed by atoms with Crippen LogP contribution in [0.4, 0.5) is 4.39 Å². The van der Waals surface area contributed by atoms with Crippen molar-refractivity contribution in [3.05, 3.63) is 63.2 Å². The normalized spacial score (nSPS) is 13.5. The van der Waals surface area contributed by atoms with Crippen LogP contribution in [0.2, 0.25) is 5.02 Å². The molecule has 0 saturated heterocycles. The Labute approximate surface area is 139 Å². The molecule has 1 aliphatic rings. The van der Waals surface area contributed by atoms with Gasteiger partial charge in [-0.05, 0) is 54.8 Å². The smallest absolute Gasteiger partial charge is 0.251 e. The second-order valence-electron chi connectivity index (χ2n) is 5.59. The summed E-state index contributed by atoms with van der Waals surface area (Å²) in [5.41, 5.74) is 4.57. The average Bonchev–Trinajstić information content (AvgIpc) is 2.52. The first-order chi connectivity index (χ1) is 11.0. The zero-order valence-corrected chi connectivity index (χ0v) is 13.5. The van der Waals surface area contributed by atoms with Gasteiger partial charge >= 0.3 is 0 Å². The third kappa shape index (κ3) is 3.51. The van der Waals surface area contributed by atoms with Crippen molar-refractivity contribution in [2.45, 2.75) is 26.4 Å². The first kappa shape index (κ1) is 15.9. The number of aromatic nitrogens is 1. The SMILES string of the molecule is Cc1ncc2c(c1CNC(=O)c1cc(F)cc(Cl)c1)CCNC2. The Bertz CT molecular complexity index is 743. The van der Waals surface area contributed by atoms with Gasteiger partial charge in [-0.3, -0.25) is 9.78 Å². The van der Waals surface area contributed by atoms with Gasteiger partial charge in [0.2, 0.25) is 0 Å². The van der Waals surface area contributed by atoms with Gasteiger partial charge in [-0.15, -0.1) is 0 Å². The van der Waals surface area contributed by atoms with Gasteiger partial charge in [-0.2, -0.15) is 0 Å². The molecule has 0 unspecified atom stereocenters. The molecule has 1 aromatic carbocycles. The van der Waals surface area contributed by atoms with E-state index in [0.717, 1.165) is 30.8 Å². The summed E-state index contributed by atoms with van der Waals surface area (Å²) < 4.78 is 13.4. The lowest BCUT2D eigenvalue weighted by atomic mass is 9.96. The van der Waals surface area contributed by atoms with Crippen LogP contribution >= 0.6 is 11.6 Å². The molecule has 0 radical (unpaired) electrons. The molecule has 0 bridgehead atoms. The van der Waals surface area contributed by atoms with Crippen molar-refractivity contribution in [2.24, 2.45) is 0 Å². The molecule has 1 amide bonds. The van der Waals surface area contributed by atoms with E-state index in [9.17, 15) is 9.18 Å². The molecule has 23 heavy (non-hydrogen) atoms. The highest BCUT2D eigenvalue weighted by atomic mass is 35.5. The van der Waals surface area contributed by atoms with Crippen molar-refractivity contribution in [3.8, 4) is 0 Å². The van der Waals surface area contributed by atoms with Gasteiger partial charge in [-0.25, -0.2) is 4.39 Å². The number of nitrogens with zero attached hydrogens (tertiary/aromatic N) is 1. The highest BCUT2D eigenvalue weighted by Crippen LogP contribution is 2.20. The van der Waals surface area contributed by atoms with Crippen molar-refractivity contribution in [2.75, 3.05) is 6.54 Å². The Hall–Kier alpha value is -1.98. The topological polar surface area (TPSA) is 54.0 Å². The molecule has 2 aromatic rings. The summed E-state index contributed by atoms with van der Waals surface area (Å²) in [5.74, 6) is -0.874. The van der Waals surface area contributed by atoms with Crippen LogP contribution in [-0.4, -0.2) is 17.4 Å². The van der Waals surface area contributed by atoms with E-state index in [1.807, 2.05) is 13.1 Å². The van der Waals surface area contributed by atoms with Crippen molar-refractivity contribution in [1.29, 1.82) is 0 Å². The van der Waals surface area contributed by atoms with Gasteiger partial charge in [0.25, 0.3) is 5.91 Å². The molecule has 1 aromatic heterocycles. The van der Waals surface area contributed by atoms with E-state index < -0.39 is 5.82 Å². The molecule has 2 heterocycles. The molecule has 3 rings (SSSR count). The van der Waals surface area contributed by atoms with Crippen LogP contribution in [-0.2, 0) is 19.5 Å². The lowest BCUT2D eigenvalue weighted by molar-refractivity contribution is 0.0950. The van der Waals surface area contributed by atoms with Crippen molar-refractivity contribution in [1.82, 2.24) is 15.6 Å². The molecule has 6 heteroatoms. The minimum Gasteiger partial charge on any atom is -0.348 e. The number of benzene rings is 1. The Balaban J connectivity index is 1.79. The molecule has 4 nitrogen and oxygen atoms in total. The molecular formula is C17H17ClFN3O. The summed E-state index contributed by atoms with van der Waals surface area (Å²) in [6.07, 6.45) is 2.80. The fourth-order valence-electron chi connectivity index (χ4n) is 2.83. The molecule has 0 saturated carbocycles. The Morgan fingerprint density at radius 3 is 3.04 bits per heavy atom. The van der Waals surface area contributed by atoms with Crippen LogP contribution in [0.25, 0.3) is 0 Å². The number of rotatable bonds is 3. The number of hydrogen-bond donors (Lipinski definition) is 2.